The fourth-order valence-electron chi connectivity index (χ4n) is 2.79. The zero-order valence-electron chi connectivity index (χ0n) is 12.2. The van der Waals surface area contributed by atoms with Crippen LogP contribution in [-0.2, 0) is 4.79 Å². The molecule has 0 unspecified atom stereocenters. The van der Waals surface area contributed by atoms with Crippen molar-refractivity contribution in [1.29, 1.82) is 0 Å². The molecule has 1 saturated heterocycles. The molecule has 1 atom stereocenters. The van der Waals surface area contributed by atoms with Crippen molar-refractivity contribution in [1.82, 2.24) is 4.90 Å². The number of methoxy groups -OCH3 is 1. The number of piperidine rings is 1. The van der Waals surface area contributed by atoms with Crippen LogP contribution < -0.4 is 15.2 Å². The van der Waals surface area contributed by atoms with E-state index in [9.17, 15) is 4.79 Å². The number of likely N-dealkylation sites (tertiary alicyclic amines) is 1. The summed E-state index contributed by atoms with van der Waals surface area (Å²) in [5.74, 6) is 1.53. The standard InChI is InChI=1S/C16H20N2O3/c1-20-14-5-4-11-7-12(10-21-15(11)8-14)16(19)18-6-2-3-13(17)9-18/h4-5,7-8,13H,2-3,6,9-10,17H2,1H3/t13-/m1/s1. The predicted molar refractivity (Wildman–Crippen MR) is 80.3 cm³/mol. The lowest BCUT2D eigenvalue weighted by Gasteiger charge is -2.32. The minimum Gasteiger partial charge on any atom is -0.497 e. The summed E-state index contributed by atoms with van der Waals surface area (Å²) >= 11 is 0. The van der Waals surface area contributed by atoms with E-state index in [1.807, 2.05) is 29.2 Å². The van der Waals surface area contributed by atoms with Gasteiger partial charge in [0.1, 0.15) is 18.1 Å². The maximum atomic E-state index is 12.5. The summed E-state index contributed by atoms with van der Waals surface area (Å²) in [6.07, 6.45) is 3.86. The van der Waals surface area contributed by atoms with Gasteiger partial charge >= 0.3 is 0 Å². The summed E-state index contributed by atoms with van der Waals surface area (Å²) < 4.78 is 10.9. The molecule has 0 radical (unpaired) electrons. The lowest BCUT2D eigenvalue weighted by Crippen LogP contribution is -2.46. The Kier molecular flexibility index (Phi) is 3.84. The molecule has 2 N–H and O–H groups in total. The average Bonchev–Trinajstić information content (AvgIpc) is 2.53. The molecule has 2 aliphatic rings. The molecular formula is C16H20N2O3. The first kappa shape index (κ1) is 13.9. The van der Waals surface area contributed by atoms with E-state index in [1.54, 1.807) is 7.11 Å². The molecule has 2 aliphatic heterocycles. The SMILES string of the molecule is COc1ccc2c(c1)OCC(C(=O)N1CCC[C@@H](N)C1)=C2. The van der Waals surface area contributed by atoms with E-state index in [1.165, 1.54) is 0 Å². The van der Waals surface area contributed by atoms with Gasteiger partial charge in [0, 0.05) is 30.8 Å². The molecule has 1 aromatic carbocycles. The second-order valence-corrected chi connectivity index (χ2v) is 5.52. The van der Waals surface area contributed by atoms with Crippen molar-refractivity contribution < 1.29 is 14.3 Å². The van der Waals surface area contributed by atoms with Gasteiger partial charge in [-0.2, -0.15) is 0 Å². The molecule has 1 amide bonds. The number of nitrogens with zero attached hydrogens (tertiary/aromatic N) is 1. The third kappa shape index (κ3) is 2.88. The summed E-state index contributed by atoms with van der Waals surface area (Å²) in [7, 11) is 1.62. The molecule has 0 spiro atoms. The number of carbonyl (C=O) groups excluding carboxylic acids is 1. The van der Waals surface area contributed by atoms with Crippen LogP contribution in [0.4, 0.5) is 0 Å². The number of hydrogen-bond acceptors (Lipinski definition) is 4. The average molecular weight is 288 g/mol. The second-order valence-electron chi connectivity index (χ2n) is 5.52. The van der Waals surface area contributed by atoms with Gasteiger partial charge < -0.3 is 20.1 Å². The number of amides is 1. The molecule has 0 bridgehead atoms. The number of carbonyl (C=O) groups is 1. The Balaban J connectivity index is 1.79. The zero-order valence-corrected chi connectivity index (χ0v) is 12.2. The first-order valence-electron chi connectivity index (χ1n) is 7.23. The highest BCUT2D eigenvalue weighted by atomic mass is 16.5. The highest BCUT2D eigenvalue weighted by Crippen LogP contribution is 2.30. The molecule has 5 heteroatoms. The quantitative estimate of drug-likeness (QED) is 0.894. The summed E-state index contributed by atoms with van der Waals surface area (Å²) in [5, 5.41) is 0. The Labute approximate surface area is 124 Å². The molecule has 21 heavy (non-hydrogen) atoms. The van der Waals surface area contributed by atoms with Crippen molar-refractivity contribution in [2.75, 3.05) is 26.8 Å². The third-order valence-corrected chi connectivity index (χ3v) is 3.95. The fourth-order valence-corrected chi connectivity index (χ4v) is 2.79. The van der Waals surface area contributed by atoms with Crippen LogP contribution in [0.25, 0.3) is 6.08 Å². The topological polar surface area (TPSA) is 64.8 Å². The normalized spacial score (nSPS) is 21.1. The number of rotatable bonds is 2. The van der Waals surface area contributed by atoms with E-state index in [0.29, 0.717) is 18.7 Å². The number of nitrogens with two attached hydrogens (primary N) is 1. The van der Waals surface area contributed by atoms with Crippen LogP contribution in [0.15, 0.2) is 23.8 Å². The highest BCUT2D eigenvalue weighted by Gasteiger charge is 2.26. The predicted octanol–water partition coefficient (Wildman–Crippen LogP) is 1.42. The summed E-state index contributed by atoms with van der Waals surface area (Å²) in [4.78, 5) is 14.4. The first-order valence-corrected chi connectivity index (χ1v) is 7.23. The molecule has 0 aromatic heterocycles. The largest absolute Gasteiger partial charge is 0.497 e. The zero-order chi connectivity index (χ0) is 14.8. The molecular weight excluding hydrogens is 268 g/mol. The van der Waals surface area contributed by atoms with Gasteiger partial charge in [0.2, 0.25) is 0 Å². The molecule has 0 aliphatic carbocycles. The Morgan fingerprint density at radius 3 is 3.10 bits per heavy atom. The van der Waals surface area contributed by atoms with E-state index < -0.39 is 0 Å². The maximum Gasteiger partial charge on any atom is 0.253 e. The third-order valence-electron chi connectivity index (χ3n) is 3.95. The van der Waals surface area contributed by atoms with Gasteiger partial charge in [-0.15, -0.1) is 0 Å². The lowest BCUT2D eigenvalue weighted by atomic mass is 10.0. The Hall–Kier alpha value is -2.01. The molecule has 1 fully saturated rings. The van der Waals surface area contributed by atoms with Crippen LogP contribution in [0.2, 0.25) is 0 Å². The Bertz CT molecular complexity index is 583. The minimum atomic E-state index is 0.0339. The van der Waals surface area contributed by atoms with Crippen molar-refractivity contribution in [3.05, 3.63) is 29.3 Å². The van der Waals surface area contributed by atoms with Gasteiger partial charge in [-0.3, -0.25) is 4.79 Å². The van der Waals surface area contributed by atoms with Crippen LogP contribution in [0, 0.1) is 0 Å². The van der Waals surface area contributed by atoms with Crippen molar-refractivity contribution >= 4 is 12.0 Å². The van der Waals surface area contributed by atoms with E-state index >= 15 is 0 Å². The smallest absolute Gasteiger partial charge is 0.253 e. The summed E-state index contributed by atoms with van der Waals surface area (Å²) in [6, 6.07) is 5.69. The van der Waals surface area contributed by atoms with Gasteiger partial charge in [-0.25, -0.2) is 0 Å². The van der Waals surface area contributed by atoms with Crippen molar-refractivity contribution in [3.8, 4) is 11.5 Å². The first-order chi connectivity index (χ1) is 10.2. The summed E-state index contributed by atoms with van der Waals surface area (Å²) in [5.41, 5.74) is 7.53. The van der Waals surface area contributed by atoms with Crippen LogP contribution >= 0.6 is 0 Å². The van der Waals surface area contributed by atoms with E-state index in [0.717, 1.165) is 36.4 Å². The van der Waals surface area contributed by atoms with Gasteiger partial charge in [0.15, 0.2) is 0 Å². The van der Waals surface area contributed by atoms with E-state index in [-0.39, 0.29) is 11.9 Å². The molecule has 112 valence electrons. The molecule has 1 aromatic rings. The van der Waals surface area contributed by atoms with Crippen LogP contribution in [-0.4, -0.2) is 43.7 Å². The molecule has 0 saturated carbocycles. The van der Waals surface area contributed by atoms with Crippen molar-refractivity contribution in [3.63, 3.8) is 0 Å². The highest BCUT2D eigenvalue weighted by molar-refractivity contribution is 5.99. The van der Waals surface area contributed by atoms with Gasteiger partial charge in [-0.05, 0) is 31.1 Å². The second kappa shape index (κ2) is 5.77. The summed E-state index contributed by atoms with van der Waals surface area (Å²) in [6.45, 7) is 1.70. The van der Waals surface area contributed by atoms with Gasteiger partial charge in [-0.1, -0.05) is 0 Å². The van der Waals surface area contributed by atoms with Crippen molar-refractivity contribution in [2.24, 2.45) is 5.73 Å². The number of hydrogen-bond donors (Lipinski definition) is 1. The minimum absolute atomic E-state index is 0.0339. The van der Waals surface area contributed by atoms with Crippen molar-refractivity contribution in [2.45, 2.75) is 18.9 Å². The molecule has 5 nitrogen and oxygen atoms in total. The van der Waals surface area contributed by atoms with E-state index in [2.05, 4.69) is 0 Å². The van der Waals surface area contributed by atoms with Crippen LogP contribution in [0.1, 0.15) is 18.4 Å². The number of benzene rings is 1. The Morgan fingerprint density at radius 1 is 1.48 bits per heavy atom. The van der Waals surface area contributed by atoms with E-state index in [4.69, 9.17) is 15.2 Å². The Morgan fingerprint density at radius 2 is 2.33 bits per heavy atom. The van der Waals surface area contributed by atoms with Crippen LogP contribution in [0.3, 0.4) is 0 Å². The monoisotopic (exact) mass is 288 g/mol. The van der Waals surface area contributed by atoms with Gasteiger partial charge in [0.25, 0.3) is 5.91 Å². The van der Waals surface area contributed by atoms with Crippen LogP contribution in [0.5, 0.6) is 11.5 Å². The number of fused-ring (bicyclic) bond motifs is 1. The molecule has 2 heterocycles. The van der Waals surface area contributed by atoms with Gasteiger partial charge in [0.05, 0.1) is 12.7 Å². The fraction of sp³-hybridized carbons (Fsp3) is 0.438. The lowest BCUT2D eigenvalue weighted by molar-refractivity contribution is -0.128. The maximum absolute atomic E-state index is 12.5. The molecule has 3 rings (SSSR count). The number of ether oxygens (including phenoxy) is 2.